The molecule has 1 aromatic heterocycles. The van der Waals surface area contributed by atoms with Crippen molar-refractivity contribution in [2.24, 2.45) is 0 Å². The fourth-order valence-electron chi connectivity index (χ4n) is 0.500. The Labute approximate surface area is 57.9 Å². The lowest BCUT2D eigenvalue weighted by molar-refractivity contribution is 1.11. The first kappa shape index (κ1) is 6.22. The van der Waals surface area contributed by atoms with E-state index in [-0.39, 0.29) is 0 Å². The van der Waals surface area contributed by atoms with Gasteiger partial charge in [0.15, 0.2) is 5.82 Å². The number of H-pyrrole nitrogens is 1. The summed E-state index contributed by atoms with van der Waals surface area (Å²) in [7, 11) is 0. The second-order valence-electron chi connectivity index (χ2n) is 1.78. The van der Waals surface area contributed by atoms with Crippen LogP contribution in [0.3, 0.4) is 0 Å². The SMILES string of the molecule is Cc1cnc(N)c(=S)[nH]1. The predicted octanol–water partition coefficient (Wildman–Crippen LogP) is 1.03. The van der Waals surface area contributed by atoms with Gasteiger partial charge in [0.1, 0.15) is 4.64 Å². The number of nitrogens with two attached hydrogens (primary N) is 1. The number of nitrogen functional groups attached to an aromatic ring is 1. The van der Waals surface area contributed by atoms with E-state index >= 15 is 0 Å². The van der Waals surface area contributed by atoms with Gasteiger partial charge in [-0.1, -0.05) is 12.2 Å². The van der Waals surface area contributed by atoms with Gasteiger partial charge in [0.05, 0.1) is 0 Å². The summed E-state index contributed by atoms with van der Waals surface area (Å²) in [6.07, 6.45) is 1.64. The topological polar surface area (TPSA) is 54.7 Å². The van der Waals surface area contributed by atoms with Crippen LogP contribution < -0.4 is 5.73 Å². The Balaban J connectivity index is 3.34. The molecule has 9 heavy (non-hydrogen) atoms. The minimum atomic E-state index is 0.385. The normalized spacial score (nSPS) is 9.44. The Hall–Kier alpha value is -0.900. The monoisotopic (exact) mass is 141 g/mol. The number of nitrogens with zero attached hydrogens (tertiary/aromatic N) is 1. The van der Waals surface area contributed by atoms with Crippen LogP contribution in [0.4, 0.5) is 5.82 Å². The first-order valence-electron chi connectivity index (χ1n) is 2.51. The third-order valence-corrected chi connectivity index (χ3v) is 1.25. The standard InChI is InChI=1S/C5H7N3S/c1-3-2-7-4(6)5(9)8-3/h2H,1H3,(H2,6,7)(H,8,9). The van der Waals surface area contributed by atoms with Gasteiger partial charge in [-0.2, -0.15) is 0 Å². The Morgan fingerprint density at radius 1 is 1.78 bits per heavy atom. The maximum Gasteiger partial charge on any atom is 0.158 e. The average Bonchev–Trinajstić information content (AvgIpc) is 1.80. The third kappa shape index (κ3) is 1.26. The fourth-order valence-corrected chi connectivity index (χ4v) is 0.714. The second-order valence-corrected chi connectivity index (χ2v) is 2.19. The molecule has 0 aliphatic rings. The Bertz CT molecular complexity index is 265. The van der Waals surface area contributed by atoms with Gasteiger partial charge in [-0.3, -0.25) is 0 Å². The molecule has 3 nitrogen and oxygen atoms in total. The van der Waals surface area contributed by atoms with E-state index in [2.05, 4.69) is 9.97 Å². The van der Waals surface area contributed by atoms with Crippen LogP contribution in [0.1, 0.15) is 5.69 Å². The van der Waals surface area contributed by atoms with Gasteiger partial charge in [-0.05, 0) is 6.92 Å². The molecule has 1 heterocycles. The van der Waals surface area contributed by atoms with Crippen molar-refractivity contribution in [3.05, 3.63) is 16.5 Å². The molecule has 0 fully saturated rings. The number of nitrogens with one attached hydrogen (secondary N) is 1. The molecule has 0 bridgehead atoms. The summed E-state index contributed by atoms with van der Waals surface area (Å²) in [6.45, 7) is 1.88. The lowest BCUT2D eigenvalue weighted by Gasteiger charge is -1.92. The van der Waals surface area contributed by atoms with Crippen LogP contribution in [0, 0.1) is 11.6 Å². The molecule has 0 atom stereocenters. The second kappa shape index (κ2) is 2.14. The van der Waals surface area contributed by atoms with Crippen molar-refractivity contribution in [1.82, 2.24) is 9.97 Å². The highest BCUT2D eigenvalue weighted by atomic mass is 32.1. The summed E-state index contributed by atoms with van der Waals surface area (Å²) >= 11 is 4.80. The molecule has 48 valence electrons. The fraction of sp³-hybridized carbons (Fsp3) is 0.200. The van der Waals surface area contributed by atoms with Crippen molar-refractivity contribution in [1.29, 1.82) is 0 Å². The number of aromatic amines is 1. The van der Waals surface area contributed by atoms with Crippen LogP contribution >= 0.6 is 12.2 Å². The zero-order valence-corrected chi connectivity index (χ0v) is 5.83. The number of aromatic nitrogens is 2. The van der Waals surface area contributed by atoms with Crippen molar-refractivity contribution in [2.45, 2.75) is 6.92 Å². The molecule has 0 unspecified atom stereocenters. The first-order valence-corrected chi connectivity index (χ1v) is 2.92. The van der Waals surface area contributed by atoms with Crippen molar-refractivity contribution < 1.29 is 0 Å². The van der Waals surface area contributed by atoms with E-state index in [0.717, 1.165) is 5.69 Å². The van der Waals surface area contributed by atoms with Gasteiger partial charge < -0.3 is 10.7 Å². The summed E-state index contributed by atoms with van der Waals surface area (Å²) in [4.78, 5) is 6.69. The molecular weight excluding hydrogens is 134 g/mol. The van der Waals surface area contributed by atoms with Gasteiger partial charge >= 0.3 is 0 Å². The van der Waals surface area contributed by atoms with Crippen LogP contribution in [-0.4, -0.2) is 9.97 Å². The summed E-state index contributed by atoms with van der Waals surface area (Å²) in [6, 6.07) is 0. The minimum absolute atomic E-state index is 0.385. The number of rotatable bonds is 0. The molecule has 0 radical (unpaired) electrons. The maximum atomic E-state index is 5.34. The highest BCUT2D eigenvalue weighted by Gasteiger charge is 1.87. The number of hydrogen-bond acceptors (Lipinski definition) is 3. The van der Waals surface area contributed by atoms with Crippen LogP contribution in [0.5, 0.6) is 0 Å². The van der Waals surface area contributed by atoms with Gasteiger partial charge in [0.2, 0.25) is 0 Å². The highest BCUT2D eigenvalue weighted by molar-refractivity contribution is 7.71. The minimum Gasteiger partial charge on any atom is -0.381 e. The molecule has 1 aromatic rings. The molecule has 0 aliphatic carbocycles. The molecule has 3 N–H and O–H groups in total. The Kier molecular flexibility index (Phi) is 1.48. The molecule has 0 amide bonds. The summed E-state index contributed by atoms with van der Waals surface area (Å²) < 4.78 is 0.509. The molecule has 1 rings (SSSR count). The smallest absolute Gasteiger partial charge is 0.158 e. The molecule has 0 saturated heterocycles. The van der Waals surface area contributed by atoms with E-state index in [1.165, 1.54) is 0 Å². The Morgan fingerprint density at radius 2 is 2.44 bits per heavy atom. The highest BCUT2D eigenvalue weighted by Crippen LogP contribution is 1.96. The molecule has 0 aliphatic heterocycles. The largest absolute Gasteiger partial charge is 0.381 e. The first-order chi connectivity index (χ1) is 4.20. The Morgan fingerprint density at radius 3 is 2.89 bits per heavy atom. The van der Waals surface area contributed by atoms with Crippen molar-refractivity contribution in [3.8, 4) is 0 Å². The van der Waals surface area contributed by atoms with Gasteiger partial charge in [0, 0.05) is 11.9 Å². The van der Waals surface area contributed by atoms with E-state index in [9.17, 15) is 0 Å². The maximum absolute atomic E-state index is 5.34. The van der Waals surface area contributed by atoms with Crippen LogP contribution in [0.2, 0.25) is 0 Å². The molecule has 0 saturated carbocycles. The molecule has 4 heteroatoms. The van der Waals surface area contributed by atoms with Gasteiger partial charge in [0.25, 0.3) is 0 Å². The van der Waals surface area contributed by atoms with Gasteiger partial charge in [-0.25, -0.2) is 4.98 Å². The summed E-state index contributed by atoms with van der Waals surface area (Å²) in [5.41, 5.74) is 6.27. The van der Waals surface area contributed by atoms with E-state index in [0.29, 0.717) is 10.5 Å². The number of anilines is 1. The van der Waals surface area contributed by atoms with Crippen molar-refractivity contribution in [2.75, 3.05) is 5.73 Å². The predicted molar refractivity (Wildman–Crippen MR) is 38.6 cm³/mol. The zero-order valence-electron chi connectivity index (χ0n) is 5.01. The van der Waals surface area contributed by atoms with Crippen LogP contribution in [0.25, 0.3) is 0 Å². The lowest BCUT2D eigenvalue weighted by Crippen LogP contribution is -1.93. The molecule has 0 aromatic carbocycles. The van der Waals surface area contributed by atoms with Crippen molar-refractivity contribution in [3.63, 3.8) is 0 Å². The number of hydrogen-bond donors (Lipinski definition) is 2. The van der Waals surface area contributed by atoms with E-state index in [1.807, 2.05) is 6.92 Å². The quantitative estimate of drug-likeness (QED) is 0.530. The average molecular weight is 141 g/mol. The summed E-state index contributed by atoms with van der Waals surface area (Å²) in [5.74, 6) is 0.385. The van der Waals surface area contributed by atoms with E-state index < -0.39 is 0 Å². The molecular formula is C5H7N3S. The van der Waals surface area contributed by atoms with Crippen LogP contribution in [-0.2, 0) is 0 Å². The summed E-state index contributed by atoms with van der Waals surface area (Å²) in [5, 5.41) is 0. The van der Waals surface area contributed by atoms with Gasteiger partial charge in [-0.15, -0.1) is 0 Å². The van der Waals surface area contributed by atoms with E-state index in [4.69, 9.17) is 18.0 Å². The lowest BCUT2D eigenvalue weighted by atomic mass is 10.5. The number of aryl methyl sites for hydroxylation is 1. The van der Waals surface area contributed by atoms with Crippen LogP contribution in [0.15, 0.2) is 6.20 Å². The third-order valence-electron chi connectivity index (χ3n) is 0.941. The van der Waals surface area contributed by atoms with Crippen molar-refractivity contribution >= 4 is 18.0 Å². The van der Waals surface area contributed by atoms with E-state index in [1.54, 1.807) is 6.20 Å². The molecule has 0 spiro atoms. The zero-order chi connectivity index (χ0) is 6.85.